The summed E-state index contributed by atoms with van der Waals surface area (Å²) in [6.45, 7) is 0. The molecule has 2 N–H and O–H groups in total. The third-order valence-corrected chi connectivity index (χ3v) is 4.51. The van der Waals surface area contributed by atoms with E-state index in [0.29, 0.717) is 16.5 Å². The van der Waals surface area contributed by atoms with Crippen LogP contribution in [0.1, 0.15) is 5.56 Å². The zero-order chi connectivity index (χ0) is 13.1. The number of halogens is 3. The second kappa shape index (κ2) is 5.95. The van der Waals surface area contributed by atoms with Crippen LogP contribution in [0.15, 0.2) is 45.8 Å². The maximum absolute atomic E-state index is 13.1. The molecule has 0 spiro atoms. The molecule has 0 heterocycles. The van der Waals surface area contributed by atoms with Gasteiger partial charge in [0.05, 0.1) is 0 Å². The van der Waals surface area contributed by atoms with E-state index < -0.39 is 0 Å². The van der Waals surface area contributed by atoms with Crippen LogP contribution in [0, 0.1) is 5.82 Å². The summed E-state index contributed by atoms with van der Waals surface area (Å²) in [6.07, 6.45) is 0. The Labute approximate surface area is 123 Å². The van der Waals surface area contributed by atoms with Crippen molar-refractivity contribution in [3.63, 3.8) is 0 Å². The number of rotatable bonds is 3. The van der Waals surface area contributed by atoms with Crippen molar-refractivity contribution in [2.45, 2.75) is 10.6 Å². The summed E-state index contributed by atoms with van der Waals surface area (Å²) < 4.78 is 14.0. The van der Waals surface area contributed by atoms with Crippen molar-refractivity contribution < 1.29 is 4.39 Å². The molecule has 0 saturated heterocycles. The summed E-state index contributed by atoms with van der Waals surface area (Å²) in [4.78, 5) is 0.940. The fourth-order valence-corrected chi connectivity index (χ4v) is 3.15. The molecule has 1 nitrogen and oxygen atoms in total. The number of hydrogen-bond donors (Lipinski definition) is 1. The van der Waals surface area contributed by atoms with Crippen molar-refractivity contribution in [2.75, 3.05) is 5.73 Å². The van der Waals surface area contributed by atoms with Gasteiger partial charge in [0.1, 0.15) is 5.82 Å². The van der Waals surface area contributed by atoms with Crippen LogP contribution in [-0.2, 0) is 5.75 Å². The van der Waals surface area contributed by atoms with Crippen LogP contribution in [-0.4, -0.2) is 0 Å². The predicted molar refractivity (Wildman–Crippen MR) is 79.5 cm³/mol. The summed E-state index contributed by atoms with van der Waals surface area (Å²) >= 11 is 10.8. The first-order valence-corrected chi connectivity index (χ1v) is 7.33. The van der Waals surface area contributed by atoms with Crippen LogP contribution in [0.25, 0.3) is 0 Å². The first-order valence-electron chi connectivity index (χ1n) is 5.18. The molecule has 94 valence electrons. The first-order chi connectivity index (χ1) is 8.56. The number of hydrogen-bond acceptors (Lipinski definition) is 2. The highest BCUT2D eigenvalue weighted by Crippen LogP contribution is 2.32. The van der Waals surface area contributed by atoms with Crippen molar-refractivity contribution in [2.24, 2.45) is 0 Å². The number of nitrogen functional groups attached to an aromatic ring is 1. The van der Waals surface area contributed by atoms with E-state index in [0.717, 1.165) is 14.9 Å². The van der Waals surface area contributed by atoms with Gasteiger partial charge in [-0.1, -0.05) is 27.5 Å². The molecule has 0 fully saturated rings. The van der Waals surface area contributed by atoms with Crippen LogP contribution in [0.2, 0.25) is 5.02 Å². The summed E-state index contributed by atoms with van der Waals surface area (Å²) in [5, 5.41) is 0.615. The lowest BCUT2D eigenvalue weighted by Gasteiger charge is -2.07. The molecule has 0 aliphatic rings. The lowest BCUT2D eigenvalue weighted by Crippen LogP contribution is -1.90. The molecule has 0 aliphatic heterocycles. The minimum atomic E-state index is -0.238. The topological polar surface area (TPSA) is 26.0 Å². The van der Waals surface area contributed by atoms with E-state index in [-0.39, 0.29) is 5.82 Å². The lowest BCUT2D eigenvalue weighted by atomic mass is 10.2. The molecule has 0 unspecified atom stereocenters. The molecule has 0 aromatic heterocycles. The highest BCUT2D eigenvalue weighted by molar-refractivity contribution is 9.10. The van der Waals surface area contributed by atoms with Gasteiger partial charge in [-0.3, -0.25) is 0 Å². The van der Waals surface area contributed by atoms with Gasteiger partial charge in [-0.15, -0.1) is 11.8 Å². The molecule has 0 amide bonds. The lowest BCUT2D eigenvalue weighted by molar-refractivity contribution is 0.626. The molecular formula is C13H10BrClFNS. The summed E-state index contributed by atoms with van der Waals surface area (Å²) in [7, 11) is 0. The number of thioether (sulfide) groups is 1. The van der Waals surface area contributed by atoms with Gasteiger partial charge in [-0.05, 0) is 42.0 Å². The average Bonchev–Trinajstić information content (AvgIpc) is 2.32. The number of anilines is 1. The number of nitrogens with two attached hydrogens (primary N) is 1. The normalized spacial score (nSPS) is 10.6. The second-order valence-corrected chi connectivity index (χ2v) is 6.01. The van der Waals surface area contributed by atoms with Crippen molar-refractivity contribution >= 4 is 45.0 Å². The van der Waals surface area contributed by atoms with Gasteiger partial charge >= 0.3 is 0 Å². The summed E-state index contributed by atoms with van der Waals surface area (Å²) in [6, 6.07) is 10.0. The maximum Gasteiger partial charge on any atom is 0.123 e. The molecule has 18 heavy (non-hydrogen) atoms. The SMILES string of the molecule is Nc1cc(Cl)ccc1SCc1cc(F)ccc1Br. The Kier molecular flexibility index (Phi) is 4.54. The standard InChI is InChI=1S/C13H10BrClFNS/c14-11-3-2-10(16)5-8(11)7-18-13-4-1-9(15)6-12(13)17/h1-6H,7,17H2. The van der Waals surface area contributed by atoms with Crippen molar-refractivity contribution in [1.29, 1.82) is 0 Å². The molecule has 2 rings (SSSR count). The van der Waals surface area contributed by atoms with Crippen molar-refractivity contribution in [3.05, 3.63) is 57.3 Å². The fraction of sp³-hybridized carbons (Fsp3) is 0.0769. The Morgan fingerprint density at radius 3 is 2.72 bits per heavy atom. The van der Waals surface area contributed by atoms with E-state index in [9.17, 15) is 4.39 Å². The Balaban J connectivity index is 2.13. The molecule has 0 saturated carbocycles. The molecule has 2 aromatic carbocycles. The zero-order valence-electron chi connectivity index (χ0n) is 9.29. The van der Waals surface area contributed by atoms with Gasteiger partial charge in [0, 0.05) is 25.8 Å². The third kappa shape index (κ3) is 3.40. The summed E-state index contributed by atoms with van der Waals surface area (Å²) in [5.41, 5.74) is 7.40. The molecule has 0 aliphatic carbocycles. The van der Waals surface area contributed by atoms with Gasteiger partial charge in [0.2, 0.25) is 0 Å². The Morgan fingerprint density at radius 2 is 2.00 bits per heavy atom. The van der Waals surface area contributed by atoms with E-state index in [2.05, 4.69) is 15.9 Å². The molecule has 2 aromatic rings. The molecule has 0 bridgehead atoms. The van der Waals surface area contributed by atoms with Crippen molar-refractivity contribution in [1.82, 2.24) is 0 Å². The third-order valence-electron chi connectivity index (χ3n) is 2.36. The minimum absolute atomic E-state index is 0.238. The predicted octanol–water partition coefficient (Wildman–Crippen LogP) is 5.12. The molecule has 5 heteroatoms. The fourth-order valence-electron chi connectivity index (χ4n) is 1.46. The van der Waals surface area contributed by atoms with Crippen LogP contribution in [0.5, 0.6) is 0 Å². The molecule has 0 atom stereocenters. The van der Waals surface area contributed by atoms with E-state index in [1.807, 2.05) is 6.07 Å². The van der Waals surface area contributed by atoms with E-state index in [1.165, 1.54) is 12.1 Å². The molecular weight excluding hydrogens is 337 g/mol. The minimum Gasteiger partial charge on any atom is -0.398 e. The van der Waals surface area contributed by atoms with E-state index in [4.69, 9.17) is 17.3 Å². The van der Waals surface area contributed by atoms with Crippen LogP contribution >= 0.6 is 39.3 Å². The van der Waals surface area contributed by atoms with Crippen molar-refractivity contribution in [3.8, 4) is 0 Å². The van der Waals surface area contributed by atoms with Gasteiger partial charge < -0.3 is 5.73 Å². The molecule has 0 radical (unpaired) electrons. The first kappa shape index (κ1) is 13.7. The number of benzene rings is 2. The van der Waals surface area contributed by atoms with Gasteiger partial charge in [0.25, 0.3) is 0 Å². The Hall–Kier alpha value is -0.710. The Bertz CT molecular complexity index is 577. The second-order valence-electron chi connectivity index (χ2n) is 3.71. The van der Waals surface area contributed by atoms with Crippen LogP contribution in [0.4, 0.5) is 10.1 Å². The van der Waals surface area contributed by atoms with Gasteiger partial charge in [-0.2, -0.15) is 0 Å². The zero-order valence-corrected chi connectivity index (χ0v) is 12.4. The average molecular weight is 347 g/mol. The van der Waals surface area contributed by atoms with E-state index in [1.54, 1.807) is 30.0 Å². The van der Waals surface area contributed by atoms with Crippen LogP contribution in [0.3, 0.4) is 0 Å². The highest BCUT2D eigenvalue weighted by Gasteiger charge is 2.05. The highest BCUT2D eigenvalue weighted by atomic mass is 79.9. The maximum atomic E-state index is 13.1. The quantitative estimate of drug-likeness (QED) is 0.617. The monoisotopic (exact) mass is 345 g/mol. The smallest absolute Gasteiger partial charge is 0.123 e. The van der Waals surface area contributed by atoms with Crippen LogP contribution < -0.4 is 5.73 Å². The van der Waals surface area contributed by atoms with Gasteiger partial charge in [0.15, 0.2) is 0 Å². The van der Waals surface area contributed by atoms with E-state index >= 15 is 0 Å². The summed E-state index contributed by atoms with van der Waals surface area (Å²) in [5.74, 6) is 0.405. The Morgan fingerprint density at radius 1 is 1.22 bits per heavy atom. The largest absolute Gasteiger partial charge is 0.398 e. The van der Waals surface area contributed by atoms with Gasteiger partial charge in [-0.25, -0.2) is 4.39 Å².